The van der Waals surface area contributed by atoms with Crippen LogP contribution in [0.2, 0.25) is 0 Å². The number of Topliss-reactive ketones (excluding diaryl/α,β-unsaturated/α-hetero) is 1. The molecule has 0 saturated heterocycles. The largest absolute Gasteiger partial charge is 0.358 e. The molecule has 0 spiro atoms. The molecule has 1 aromatic carbocycles. The van der Waals surface area contributed by atoms with Crippen LogP contribution in [-0.2, 0) is 6.42 Å². The number of hydrogen-bond acceptors (Lipinski definition) is 2. The van der Waals surface area contributed by atoms with Gasteiger partial charge < -0.3 is 4.98 Å². The average Bonchev–Trinajstić information content (AvgIpc) is 2.87. The molecule has 0 radical (unpaired) electrons. The Hall–Kier alpha value is -1.94. The number of carbonyl (C=O) groups is 2. The smallest absolute Gasteiger partial charge is 0.185 e. The van der Waals surface area contributed by atoms with Crippen molar-refractivity contribution in [2.75, 3.05) is 0 Å². The van der Waals surface area contributed by atoms with Gasteiger partial charge in [0.05, 0.1) is 0 Å². The van der Waals surface area contributed by atoms with Gasteiger partial charge in [0.2, 0.25) is 0 Å². The second-order valence-corrected chi connectivity index (χ2v) is 7.68. The molecular weight excluding hydrogens is 354 g/mol. The Kier molecular flexibility index (Phi) is 4.11. The topological polar surface area (TPSA) is 49.9 Å². The molecule has 0 unspecified atom stereocenters. The first kappa shape index (κ1) is 15.9. The molecule has 3 nitrogen and oxygen atoms in total. The second kappa shape index (κ2) is 5.93. The van der Waals surface area contributed by atoms with Gasteiger partial charge in [-0.1, -0.05) is 29.8 Å². The lowest BCUT2D eigenvalue weighted by atomic mass is 9.76. The molecule has 1 N–H and O–H groups in total. The highest BCUT2D eigenvalue weighted by Gasteiger charge is 2.32. The molecule has 1 aromatic heterocycles. The number of aromatic amines is 1. The summed E-state index contributed by atoms with van der Waals surface area (Å²) in [5.41, 5.74) is 3.16. The SMILES string of the molecule is CC1(C)CC(=O)c2cc(/C=C/C(=O)c3ccc(Br)cc3)[nH]c2C1. The summed E-state index contributed by atoms with van der Waals surface area (Å²) >= 11 is 3.35. The summed E-state index contributed by atoms with van der Waals surface area (Å²) in [4.78, 5) is 27.6. The number of hydrogen-bond donors (Lipinski definition) is 1. The van der Waals surface area contributed by atoms with Gasteiger partial charge in [-0.25, -0.2) is 0 Å². The molecule has 0 saturated carbocycles. The standard InChI is InChI=1S/C19H18BrNO2/c1-19(2)10-16-15(18(23)11-19)9-14(21-16)7-8-17(22)12-3-5-13(20)6-4-12/h3-9,21H,10-11H2,1-2H3/b8-7+. The molecule has 2 aromatic rings. The fourth-order valence-corrected chi connectivity index (χ4v) is 3.21. The van der Waals surface area contributed by atoms with E-state index in [1.165, 1.54) is 6.08 Å². The van der Waals surface area contributed by atoms with Crippen molar-refractivity contribution in [1.82, 2.24) is 4.98 Å². The zero-order valence-electron chi connectivity index (χ0n) is 13.2. The lowest BCUT2D eigenvalue weighted by molar-refractivity contribution is 0.0911. The van der Waals surface area contributed by atoms with Crippen LogP contribution in [-0.4, -0.2) is 16.6 Å². The highest BCUT2D eigenvalue weighted by molar-refractivity contribution is 9.10. The minimum atomic E-state index is -0.0586. The van der Waals surface area contributed by atoms with Crippen molar-refractivity contribution in [3.63, 3.8) is 0 Å². The summed E-state index contributed by atoms with van der Waals surface area (Å²) in [6.45, 7) is 4.20. The average molecular weight is 372 g/mol. The molecule has 23 heavy (non-hydrogen) atoms. The summed E-state index contributed by atoms with van der Waals surface area (Å²) in [7, 11) is 0. The zero-order chi connectivity index (χ0) is 16.6. The lowest BCUT2D eigenvalue weighted by Gasteiger charge is -2.27. The fraction of sp³-hybridized carbons (Fsp3) is 0.263. The van der Waals surface area contributed by atoms with Crippen molar-refractivity contribution in [3.8, 4) is 0 Å². The lowest BCUT2D eigenvalue weighted by Crippen LogP contribution is -2.26. The molecular formula is C19H18BrNO2. The van der Waals surface area contributed by atoms with E-state index in [0.717, 1.165) is 27.8 Å². The summed E-state index contributed by atoms with van der Waals surface area (Å²) < 4.78 is 0.941. The van der Waals surface area contributed by atoms with E-state index in [-0.39, 0.29) is 17.0 Å². The van der Waals surface area contributed by atoms with Crippen LogP contribution >= 0.6 is 15.9 Å². The van der Waals surface area contributed by atoms with Crippen molar-refractivity contribution in [3.05, 3.63) is 63.4 Å². The third-order valence-corrected chi connectivity index (χ3v) is 4.59. The number of nitrogens with one attached hydrogen (secondary N) is 1. The van der Waals surface area contributed by atoms with E-state index in [1.807, 2.05) is 18.2 Å². The van der Waals surface area contributed by atoms with E-state index < -0.39 is 0 Å². The molecule has 0 fully saturated rings. The van der Waals surface area contributed by atoms with Gasteiger partial charge in [-0.05, 0) is 54.3 Å². The second-order valence-electron chi connectivity index (χ2n) is 6.76. The fourth-order valence-electron chi connectivity index (χ4n) is 2.95. The Labute approximate surface area is 143 Å². The number of benzene rings is 1. The summed E-state index contributed by atoms with van der Waals surface area (Å²) in [5.74, 6) is 0.114. The number of halogens is 1. The maximum absolute atomic E-state index is 12.2. The van der Waals surface area contributed by atoms with Crippen molar-refractivity contribution in [1.29, 1.82) is 0 Å². The van der Waals surface area contributed by atoms with Crippen LogP contribution in [0.25, 0.3) is 6.08 Å². The van der Waals surface area contributed by atoms with Crippen LogP contribution in [0, 0.1) is 5.41 Å². The van der Waals surface area contributed by atoms with E-state index in [2.05, 4.69) is 34.8 Å². The van der Waals surface area contributed by atoms with Crippen LogP contribution in [0.3, 0.4) is 0 Å². The van der Waals surface area contributed by atoms with E-state index in [4.69, 9.17) is 0 Å². The van der Waals surface area contributed by atoms with Crippen LogP contribution in [0.1, 0.15) is 52.4 Å². The van der Waals surface area contributed by atoms with Crippen LogP contribution in [0.4, 0.5) is 0 Å². The summed E-state index contributed by atoms with van der Waals surface area (Å²) in [5, 5.41) is 0. The Morgan fingerprint density at radius 2 is 1.91 bits per heavy atom. The van der Waals surface area contributed by atoms with Gasteiger partial charge in [0.25, 0.3) is 0 Å². The van der Waals surface area contributed by atoms with Gasteiger partial charge in [0.1, 0.15) is 0 Å². The Morgan fingerprint density at radius 3 is 2.61 bits per heavy atom. The molecule has 118 valence electrons. The summed E-state index contributed by atoms with van der Waals surface area (Å²) in [6.07, 6.45) is 4.69. The summed E-state index contributed by atoms with van der Waals surface area (Å²) in [6, 6.07) is 9.09. The first-order valence-corrected chi connectivity index (χ1v) is 8.36. The number of H-pyrrole nitrogens is 1. The Bertz CT molecular complexity index is 797. The quantitative estimate of drug-likeness (QED) is 0.620. The van der Waals surface area contributed by atoms with E-state index in [1.54, 1.807) is 18.2 Å². The van der Waals surface area contributed by atoms with E-state index >= 15 is 0 Å². The van der Waals surface area contributed by atoms with Crippen LogP contribution < -0.4 is 0 Å². The van der Waals surface area contributed by atoms with Crippen molar-refractivity contribution in [2.24, 2.45) is 5.41 Å². The molecule has 1 heterocycles. The first-order valence-electron chi connectivity index (χ1n) is 7.57. The maximum Gasteiger partial charge on any atom is 0.185 e. The van der Waals surface area contributed by atoms with Gasteiger partial charge in [-0.2, -0.15) is 0 Å². The number of fused-ring (bicyclic) bond motifs is 1. The molecule has 4 heteroatoms. The maximum atomic E-state index is 12.2. The number of ketones is 2. The van der Waals surface area contributed by atoms with Crippen molar-refractivity contribution >= 4 is 33.6 Å². The van der Waals surface area contributed by atoms with Gasteiger partial charge >= 0.3 is 0 Å². The van der Waals surface area contributed by atoms with Gasteiger partial charge in [0.15, 0.2) is 11.6 Å². The highest BCUT2D eigenvalue weighted by atomic mass is 79.9. The predicted octanol–water partition coefficient (Wildman–Crippen LogP) is 4.83. The number of carbonyl (C=O) groups excluding carboxylic acids is 2. The minimum Gasteiger partial charge on any atom is -0.358 e. The predicted molar refractivity (Wildman–Crippen MR) is 94.7 cm³/mol. The van der Waals surface area contributed by atoms with E-state index in [0.29, 0.717) is 12.0 Å². The number of aromatic nitrogens is 1. The molecule has 1 aliphatic carbocycles. The normalized spacial score (nSPS) is 16.6. The Balaban J connectivity index is 1.80. The van der Waals surface area contributed by atoms with Gasteiger partial charge in [0, 0.05) is 33.4 Å². The third-order valence-electron chi connectivity index (χ3n) is 4.06. The molecule has 0 atom stereocenters. The molecule has 0 amide bonds. The first-order chi connectivity index (χ1) is 10.8. The minimum absolute atomic E-state index is 0.0107. The van der Waals surface area contributed by atoms with Crippen LogP contribution in [0.5, 0.6) is 0 Å². The van der Waals surface area contributed by atoms with Gasteiger partial charge in [-0.15, -0.1) is 0 Å². The molecule has 0 aliphatic heterocycles. The molecule has 3 rings (SSSR count). The zero-order valence-corrected chi connectivity index (χ0v) is 14.7. The van der Waals surface area contributed by atoms with Crippen LogP contribution in [0.15, 0.2) is 40.9 Å². The monoisotopic (exact) mass is 371 g/mol. The van der Waals surface area contributed by atoms with Crippen molar-refractivity contribution in [2.45, 2.75) is 26.7 Å². The van der Waals surface area contributed by atoms with E-state index in [9.17, 15) is 9.59 Å². The molecule has 1 aliphatic rings. The van der Waals surface area contributed by atoms with Crippen molar-refractivity contribution < 1.29 is 9.59 Å². The molecule has 0 bridgehead atoms. The number of allylic oxidation sites excluding steroid dienone is 1. The Morgan fingerprint density at radius 1 is 1.22 bits per heavy atom. The van der Waals surface area contributed by atoms with Gasteiger partial charge in [-0.3, -0.25) is 9.59 Å². The number of rotatable bonds is 3. The third kappa shape index (κ3) is 3.53. The highest BCUT2D eigenvalue weighted by Crippen LogP contribution is 2.34.